The quantitative estimate of drug-likeness (QED) is 0.481. The SMILES string of the molecule is C[C@H](Sc1ccc(S(=O)(=O)N2CCCC2)cn1)C(=O)Nc1sc2c(c1C#N)CCCCC2. The van der Waals surface area contributed by atoms with Gasteiger partial charge in [0, 0.05) is 24.2 Å². The molecule has 1 atom stereocenters. The molecule has 7 nitrogen and oxygen atoms in total. The minimum Gasteiger partial charge on any atom is -0.316 e. The largest absolute Gasteiger partial charge is 0.316 e. The zero-order valence-corrected chi connectivity index (χ0v) is 20.4. The minimum atomic E-state index is -3.50. The summed E-state index contributed by atoms with van der Waals surface area (Å²) in [4.78, 5) is 18.5. The van der Waals surface area contributed by atoms with Gasteiger partial charge in [0.05, 0.1) is 15.8 Å². The summed E-state index contributed by atoms with van der Waals surface area (Å²) in [5, 5.41) is 13.4. The van der Waals surface area contributed by atoms with Crippen molar-refractivity contribution in [1.29, 1.82) is 5.26 Å². The topological polar surface area (TPSA) is 103 Å². The van der Waals surface area contributed by atoms with Crippen molar-refractivity contribution in [2.75, 3.05) is 18.4 Å². The number of pyridine rings is 1. The number of thiophene rings is 1. The van der Waals surface area contributed by atoms with Crippen LogP contribution >= 0.6 is 23.1 Å². The van der Waals surface area contributed by atoms with E-state index < -0.39 is 15.3 Å². The van der Waals surface area contributed by atoms with E-state index in [2.05, 4.69) is 16.4 Å². The molecule has 3 heterocycles. The predicted molar refractivity (Wildman–Crippen MR) is 126 cm³/mol. The van der Waals surface area contributed by atoms with Crippen molar-refractivity contribution in [2.45, 2.75) is 67.0 Å². The van der Waals surface area contributed by atoms with E-state index in [1.165, 1.54) is 44.9 Å². The molecule has 1 amide bonds. The first-order chi connectivity index (χ1) is 15.4. The number of aryl methyl sites for hydroxylation is 1. The van der Waals surface area contributed by atoms with Crippen LogP contribution in [0.15, 0.2) is 28.3 Å². The lowest BCUT2D eigenvalue weighted by Gasteiger charge is -2.15. The third kappa shape index (κ3) is 4.86. The zero-order valence-electron chi connectivity index (χ0n) is 18.0. The van der Waals surface area contributed by atoms with Gasteiger partial charge < -0.3 is 5.32 Å². The summed E-state index contributed by atoms with van der Waals surface area (Å²) in [5.41, 5.74) is 1.70. The number of aromatic nitrogens is 1. The monoisotopic (exact) mass is 490 g/mol. The van der Waals surface area contributed by atoms with Gasteiger partial charge in [0.1, 0.15) is 16.0 Å². The van der Waals surface area contributed by atoms with Crippen LogP contribution < -0.4 is 5.32 Å². The summed E-state index contributed by atoms with van der Waals surface area (Å²) < 4.78 is 26.8. The van der Waals surface area contributed by atoms with Crippen LogP contribution in [0.25, 0.3) is 0 Å². The molecule has 0 saturated carbocycles. The van der Waals surface area contributed by atoms with Crippen molar-refractivity contribution >= 4 is 44.0 Å². The lowest BCUT2D eigenvalue weighted by molar-refractivity contribution is -0.115. The van der Waals surface area contributed by atoms with Crippen molar-refractivity contribution in [1.82, 2.24) is 9.29 Å². The maximum atomic E-state index is 12.8. The van der Waals surface area contributed by atoms with Gasteiger partial charge in [-0.2, -0.15) is 9.57 Å². The van der Waals surface area contributed by atoms with E-state index in [0.29, 0.717) is 28.7 Å². The van der Waals surface area contributed by atoms with Gasteiger partial charge >= 0.3 is 0 Å². The smallest absolute Gasteiger partial charge is 0.244 e. The summed E-state index contributed by atoms with van der Waals surface area (Å²) in [6.45, 7) is 2.88. The van der Waals surface area contributed by atoms with Crippen LogP contribution in [0, 0.1) is 11.3 Å². The number of anilines is 1. The number of nitrogens with zero attached hydrogens (tertiary/aromatic N) is 3. The lowest BCUT2D eigenvalue weighted by Crippen LogP contribution is -2.28. The fourth-order valence-electron chi connectivity index (χ4n) is 4.06. The molecule has 4 rings (SSSR count). The summed E-state index contributed by atoms with van der Waals surface area (Å²) in [6.07, 6.45) is 8.36. The molecule has 0 aromatic carbocycles. The number of carbonyl (C=O) groups is 1. The van der Waals surface area contributed by atoms with E-state index in [9.17, 15) is 18.5 Å². The first kappa shape index (κ1) is 23.2. The molecule has 1 aliphatic heterocycles. The molecule has 0 radical (unpaired) electrons. The zero-order chi connectivity index (χ0) is 22.7. The first-order valence-corrected chi connectivity index (χ1v) is 14.0. The Hall–Kier alpha value is -1.93. The number of thioether (sulfide) groups is 1. The molecule has 1 aliphatic carbocycles. The molecule has 2 aromatic heterocycles. The van der Waals surface area contributed by atoms with Gasteiger partial charge in [0.25, 0.3) is 0 Å². The van der Waals surface area contributed by atoms with E-state index >= 15 is 0 Å². The highest BCUT2D eigenvalue weighted by molar-refractivity contribution is 8.00. The van der Waals surface area contributed by atoms with Crippen molar-refractivity contribution in [2.24, 2.45) is 0 Å². The molecule has 170 valence electrons. The van der Waals surface area contributed by atoms with Gasteiger partial charge in [-0.25, -0.2) is 13.4 Å². The molecule has 0 unspecified atom stereocenters. The summed E-state index contributed by atoms with van der Waals surface area (Å²) in [6, 6.07) is 5.48. The van der Waals surface area contributed by atoms with Gasteiger partial charge in [-0.15, -0.1) is 11.3 Å². The summed E-state index contributed by atoms with van der Waals surface area (Å²) in [7, 11) is -3.50. The molecule has 1 N–H and O–H groups in total. The summed E-state index contributed by atoms with van der Waals surface area (Å²) >= 11 is 2.78. The van der Waals surface area contributed by atoms with E-state index in [-0.39, 0.29) is 10.8 Å². The molecular weight excluding hydrogens is 464 g/mol. The van der Waals surface area contributed by atoms with Gasteiger partial charge in [-0.1, -0.05) is 18.2 Å². The van der Waals surface area contributed by atoms with Crippen LogP contribution in [0.3, 0.4) is 0 Å². The number of rotatable bonds is 6. The second-order valence-electron chi connectivity index (χ2n) is 8.07. The molecular formula is C22H26N4O3S3. The van der Waals surface area contributed by atoms with Gasteiger partial charge in [-0.3, -0.25) is 4.79 Å². The second kappa shape index (κ2) is 9.91. The van der Waals surface area contributed by atoms with Crippen molar-refractivity contribution < 1.29 is 13.2 Å². The highest BCUT2D eigenvalue weighted by atomic mass is 32.2. The maximum Gasteiger partial charge on any atom is 0.244 e. The Morgan fingerprint density at radius 1 is 1.22 bits per heavy atom. The molecule has 1 fully saturated rings. The standard InChI is InChI=1S/C22H26N4O3S3/c1-15(21(27)25-22-18(13-23)17-7-3-2-4-8-19(17)31-22)30-20-10-9-16(14-24-20)32(28,29)26-11-5-6-12-26/h9-10,14-15H,2-8,11-12H2,1H3,(H,25,27)/t15-/m0/s1. The van der Waals surface area contributed by atoms with Gasteiger partial charge in [-0.05, 0) is 63.1 Å². The van der Waals surface area contributed by atoms with Gasteiger partial charge in [0.2, 0.25) is 15.9 Å². The highest BCUT2D eigenvalue weighted by Gasteiger charge is 2.28. The fourth-order valence-corrected chi connectivity index (χ4v) is 7.56. The Morgan fingerprint density at radius 3 is 2.66 bits per heavy atom. The Kier molecular flexibility index (Phi) is 7.20. The van der Waals surface area contributed by atoms with Crippen LogP contribution in [0.4, 0.5) is 5.00 Å². The molecule has 0 bridgehead atoms. The molecule has 2 aliphatic rings. The average molecular weight is 491 g/mol. The van der Waals surface area contributed by atoms with Crippen molar-refractivity contribution in [3.05, 3.63) is 34.3 Å². The Labute approximate surface area is 197 Å². The minimum absolute atomic E-state index is 0.180. The number of sulfonamides is 1. The number of nitrogens with one attached hydrogen (secondary N) is 1. The van der Waals surface area contributed by atoms with E-state index in [1.807, 2.05) is 0 Å². The average Bonchev–Trinajstić information content (AvgIpc) is 3.37. The van der Waals surface area contributed by atoms with Crippen LogP contribution in [-0.2, 0) is 27.7 Å². The normalized spacial score (nSPS) is 17.9. The number of carbonyl (C=O) groups excluding carboxylic acids is 1. The summed E-state index contributed by atoms with van der Waals surface area (Å²) in [5.74, 6) is -0.196. The Balaban J connectivity index is 1.42. The van der Waals surface area contributed by atoms with E-state index in [0.717, 1.165) is 44.1 Å². The molecule has 10 heteroatoms. The molecule has 1 saturated heterocycles. The van der Waals surface area contributed by atoms with Crippen molar-refractivity contribution in [3.63, 3.8) is 0 Å². The number of hydrogen-bond acceptors (Lipinski definition) is 7. The third-order valence-electron chi connectivity index (χ3n) is 5.85. The third-order valence-corrected chi connectivity index (χ3v) is 9.99. The van der Waals surface area contributed by atoms with E-state index in [1.54, 1.807) is 19.1 Å². The first-order valence-electron chi connectivity index (χ1n) is 10.9. The second-order valence-corrected chi connectivity index (χ2v) is 12.5. The number of nitriles is 1. The van der Waals surface area contributed by atoms with Crippen molar-refractivity contribution in [3.8, 4) is 6.07 Å². The van der Waals surface area contributed by atoms with E-state index in [4.69, 9.17) is 0 Å². The van der Waals surface area contributed by atoms with Crippen LogP contribution in [0.1, 0.15) is 55.0 Å². The Morgan fingerprint density at radius 2 is 1.97 bits per heavy atom. The number of amides is 1. The molecule has 0 spiro atoms. The molecule has 32 heavy (non-hydrogen) atoms. The van der Waals surface area contributed by atoms with Crippen LogP contribution in [0.2, 0.25) is 0 Å². The van der Waals surface area contributed by atoms with Gasteiger partial charge in [0.15, 0.2) is 0 Å². The van der Waals surface area contributed by atoms with Crippen LogP contribution in [0.5, 0.6) is 0 Å². The van der Waals surface area contributed by atoms with Crippen LogP contribution in [-0.4, -0.2) is 42.0 Å². The predicted octanol–water partition coefficient (Wildman–Crippen LogP) is 4.19. The lowest BCUT2D eigenvalue weighted by atomic mass is 10.1. The molecule has 2 aromatic rings. The maximum absolute atomic E-state index is 12.8. The fraction of sp³-hybridized carbons (Fsp3) is 0.500. The highest BCUT2D eigenvalue weighted by Crippen LogP contribution is 2.37. The Bertz CT molecular complexity index is 1130. The number of fused-ring (bicyclic) bond motifs is 1. The number of hydrogen-bond donors (Lipinski definition) is 1.